The molecule has 54 valence electrons. The molecule has 0 saturated heterocycles. The van der Waals surface area contributed by atoms with Crippen molar-refractivity contribution in [1.29, 1.82) is 0 Å². The molecule has 0 heterocycles. The predicted octanol–water partition coefficient (Wildman–Crippen LogP) is -0.139. The van der Waals surface area contributed by atoms with Crippen LogP contribution in [0.4, 0.5) is 0 Å². The zero-order valence-corrected chi connectivity index (χ0v) is 5.81. The van der Waals surface area contributed by atoms with E-state index in [0.717, 1.165) is 13.0 Å². The van der Waals surface area contributed by atoms with Crippen molar-refractivity contribution in [3.05, 3.63) is 0 Å². The number of rotatable bonds is 5. The van der Waals surface area contributed by atoms with Crippen molar-refractivity contribution < 1.29 is 4.79 Å². The number of amides is 1. The SMILES string of the molecule is CCCNCCC(N)=O. The van der Waals surface area contributed by atoms with Crippen molar-refractivity contribution in [2.24, 2.45) is 5.73 Å². The number of nitrogens with one attached hydrogen (secondary N) is 1. The summed E-state index contributed by atoms with van der Waals surface area (Å²) in [6, 6.07) is 0. The predicted molar refractivity (Wildman–Crippen MR) is 37.0 cm³/mol. The fraction of sp³-hybridized carbons (Fsp3) is 0.833. The molecule has 0 aliphatic carbocycles. The molecule has 3 nitrogen and oxygen atoms in total. The van der Waals surface area contributed by atoms with Crippen LogP contribution in [0.15, 0.2) is 0 Å². The lowest BCUT2D eigenvalue weighted by Crippen LogP contribution is -2.22. The minimum atomic E-state index is -0.237. The van der Waals surface area contributed by atoms with Gasteiger partial charge in [-0.1, -0.05) is 6.92 Å². The summed E-state index contributed by atoms with van der Waals surface area (Å²) in [5.41, 5.74) is 4.90. The summed E-state index contributed by atoms with van der Waals surface area (Å²) in [6.07, 6.45) is 1.54. The zero-order chi connectivity index (χ0) is 7.11. The van der Waals surface area contributed by atoms with Gasteiger partial charge in [0.05, 0.1) is 0 Å². The van der Waals surface area contributed by atoms with Gasteiger partial charge in [-0.3, -0.25) is 4.79 Å². The van der Waals surface area contributed by atoms with Crippen LogP contribution in [-0.2, 0) is 4.79 Å². The van der Waals surface area contributed by atoms with E-state index >= 15 is 0 Å². The van der Waals surface area contributed by atoms with E-state index in [-0.39, 0.29) is 5.91 Å². The third-order valence-corrected chi connectivity index (χ3v) is 0.975. The molecule has 0 aromatic rings. The van der Waals surface area contributed by atoms with Crippen LogP contribution in [0.3, 0.4) is 0 Å². The molecule has 1 amide bonds. The molecule has 0 aromatic heterocycles. The first-order valence-corrected chi connectivity index (χ1v) is 3.26. The van der Waals surface area contributed by atoms with Gasteiger partial charge < -0.3 is 11.1 Å². The van der Waals surface area contributed by atoms with Crippen LogP contribution in [0.25, 0.3) is 0 Å². The summed E-state index contributed by atoms with van der Waals surface area (Å²) in [5.74, 6) is -0.237. The molecule has 0 spiro atoms. The maximum Gasteiger partial charge on any atom is 0.218 e. The monoisotopic (exact) mass is 130 g/mol. The Balaban J connectivity index is 2.83. The van der Waals surface area contributed by atoms with Crippen molar-refractivity contribution in [2.75, 3.05) is 13.1 Å². The number of primary amides is 1. The molecule has 3 N–H and O–H groups in total. The first kappa shape index (κ1) is 8.43. The van der Waals surface area contributed by atoms with E-state index in [1.54, 1.807) is 0 Å². The first-order valence-electron chi connectivity index (χ1n) is 3.26. The summed E-state index contributed by atoms with van der Waals surface area (Å²) in [7, 11) is 0. The van der Waals surface area contributed by atoms with Crippen molar-refractivity contribution in [2.45, 2.75) is 19.8 Å². The van der Waals surface area contributed by atoms with E-state index < -0.39 is 0 Å². The van der Waals surface area contributed by atoms with E-state index in [0.29, 0.717) is 13.0 Å². The van der Waals surface area contributed by atoms with Crippen LogP contribution in [0.2, 0.25) is 0 Å². The van der Waals surface area contributed by atoms with E-state index in [2.05, 4.69) is 12.2 Å². The van der Waals surface area contributed by atoms with Crippen LogP contribution in [0, 0.1) is 0 Å². The number of nitrogens with two attached hydrogens (primary N) is 1. The number of hydrogen-bond acceptors (Lipinski definition) is 2. The summed E-state index contributed by atoms with van der Waals surface area (Å²) < 4.78 is 0. The Morgan fingerprint density at radius 3 is 2.67 bits per heavy atom. The molecular weight excluding hydrogens is 116 g/mol. The fourth-order valence-electron chi connectivity index (χ4n) is 0.513. The molecule has 9 heavy (non-hydrogen) atoms. The van der Waals surface area contributed by atoms with Crippen LogP contribution in [0.5, 0.6) is 0 Å². The third kappa shape index (κ3) is 7.43. The van der Waals surface area contributed by atoms with E-state index in [1.165, 1.54) is 0 Å². The fourth-order valence-corrected chi connectivity index (χ4v) is 0.513. The molecule has 0 rings (SSSR count). The molecule has 0 fully saturated rings. The highest BCUT2D eigenvalue weighted by molar-refractivity contribution is 5.73. The highest BCUT2D eigenvalue weighted by Crippen LogP contribution is 1.73. The highest BCUT2D eigenvalue weighted by atomic mass is 16.1. The molecule has 3 heteroatoms. The van der Waals surface area contributed by atoms with Crippen LogP contribution in [-0.4, -0.2) is 19.0 Å². The normalized spacial score (nSPS) is 9.44. The number of carbonyl (C=O) groups excluding carboxylic acids is 1. The van der Waals surface area contributed by atoms with Gasteiger partial charge in [-0.05, 0) is 13.0 Å². The van der Waals surface area contributed by atoms with Crippen LogP contribution in [0.1, 0.15) is 19.8 Å². The highest BCUT2D eigenvalue weighted by Gasteiger charge is 1.90. The molecule has 0 aromatic carbocycles. The van der Waals surface area contributed by atoms with Gasteiger partial charge in [-0.25, -0.2) is 0 Å². The summed E-state index contributed by atoms with van der Waals surface area (Å²) >= 11 is 0. The smallest absolute Gasteiger partial charge is 0.218 e. The second kappa shape index (κ2) is 5.56. The number of hydrogen-bond donors (Lipinski definition) is 2. The topological polar surface area (TPSA) is 55.1 Å². The lowest BCUT2D eigenvalue weighted by atomic mass is 10.4. The Kier molecular flexibility index (Phi) is 5.21. The Bertz CT molecular complexity index is 83.1. The Hall–Kier alpha value is -0.570. The van der Waals surface area contributed by atoms with Crippen molar-refractivity contribution in [3.8, 4) is 0 Å². The van der Waals surface area contributed by atoms with Gasteiger partial charge in [-0.15, -0.1) is 0 Å². The minimum absolute atomic E-state index is 0.237. The lowest BCUT2D eigenvalue weighted by molar-refractivity contribution is -0.117. The maximum atomic E-state index is 10.1. The van der Waals surface area contributed by atoms with Crippen molar-refractivity contribution >= 4 is 5.91 Å². The van der Waals surface area contributed by atoms with E-state index in [4.69, 9.17) is 5.73 Å². The molecule has 0 saturated carbocycles. The van der Waals surface area contributed by atoms with Crippen molar-refractivity contribution in [1.82, 2.24) is 5.32 Å². The Morgan fingerprint density at radius 1 is 1.56 bits per heavy atom. The average Bonchev–Trinajstić information content (AvgIpc) is 1.80. The van der Waals surface area contributed by atoms with E-state index in [1.807, 2.05) is 0 Å². The molecule has 0 unspecified atom stereocenters. The second-order valence-electron chi connectivity index (χ2n) is 1.97. The first-order chi connectivity index (χ1) is 4.27. The minimum Gasteiger partial charge on any atom is -0.370 e. The number of carbonyl (C=O) groups is 1. The lowest BCUT2D eigenvalue weighted by Gasteiger charge is -1.97. The van der Waals surface area contributed by atoms with Gasteiger partial charge in [0.2, 0.25) is 5.91 Å². The van der Waals surface area contributed by atoms with Gasteiger partial charge >= 0.3 is 0 Å². The Morgan fingerprint density at radius 2 is 2.22 bits per heavy atom. The van der Waals surface area contributed by atoms with Crippen LogP contribution >= 0.6 is 0 Å². The van der Waals surface area contributed by atoms with Gasteiger partial charge in [0.25, 0.3) is 0 Å². The summed E-state index contributed by atoms with van der Waals surface area (Å²) in [6.45, 7) is 3.76. The van der Waals surface area contributed by atoms with Gasteiger partial charge in [-0.2, -0.15) is 0 Å². The third-order valence-electron chi connectivity index (χ3n) is 0.975. The van der Waals surface area contributed by atoms with Gasteiger partial charge in [0.1, 0.15) is 0 Å². The van der Waals surface area contributed by atoms with Gasteiger partial charge in [0, 0.05) is 13.0 Å². The largest absolute Gasteiger partial charge is 0.370 e. The molecule has 0 aliphatic heterocycles. The molecule has 0 radical (unpaired) electrons. The molecule has 0 bridgehead atoms. The summed E-state index contributed by atoms with van der Waals surface area (Å²) in [5, 5.41) is 3.07. The standard InChI is InChI=1S/C6H14N2O/c1-2-4-8-5-3-6(7)9/h8H,2-5H2,1H3,(H2,7,9). The van der Waals surface area contributed by atoms with E-state index in [9.17, 15) is 4.79 Å². The second-order valence-corrected chi connectivity index (χ2v) is 1.97. The van der Waals surface area contributed by atoms with Crippen molar-refractivity contribution in [3.63, 3.8) is 0 Å². The molecule has 0 atom stereocenters. The maximum absolute atomic E-state index is 10.1. The Labute approximate surface area is 55.6 Å². The van der Waals surface area contributed by atoms with Crippen LogP contribution < -0.4 is 11.1 Å². The quantitative estimate of drug-likeness (QED) is 0.509. The average molecular weight is 130 g/mol. The molecular formula is C6H14N2O. The summed E-state index contributed by atoms with van der Waals surface area (Å²) in [4.78, 5) is 10.1. The molecule has 0 aliphatic rings. The van der Waals surface area contributed by atoms with Gasteiger partial charge in [0.15, 0.2) is 0 Å². The zero-order valence-electron chi connectivity index (χ0n) is 5.81.